The van der Waals surface area contributed by atoms with Gasteiger partial charge in [-0.2, -0.15) is 0 Å². The van der Waals surface area contributed by atoms with Crippen molar-refractivity contribution < 1.29 is 23.9 Å². The monoisotopic (exact) mass is 466 g/mol. The van der Waals surface area contributed by atoms with Crippen LogP contribution in [-0.4, -0.2) is 34.5 Å². The van der Waals surface area contributed by atoms with E-state index < -0.39 is 17.4 Å². The molecule has 33 heavy (non-hydrogen) atoms. The summed E-state index contributed by atoms with van der Waals surface area (Å²) in [4.78, 5) is 36.9. The maximum Gasteiger partial charge on any atom is 0.429 e. The molecule has 0 bridgehead atoms. The van der Waals surface area contributed by atoms with Crippen LogP contribution in [0.5, 0.6) is 0 Å². The molecule has 0 aliphatic carbocycles. The normalized spacial score (nSPS) is 10.2. The predicted octanol–water partition coefficient (Wildman–Crippen LogP) is 5.39. The Morgan fingerprint density at radius 1 is 0.697 bits per heavy atom. The van der Waals surface area contributed by atoms with Crippen molar-refractivity contribution in [3.05, 3.63) is 107 Å². The molecule has 0 saturated carbocycles. The van der Waals surface area contributed by atoms with E-state index in [0.29, 0.717) is 11.1 Å². The third kappa shape index (κ3) is 7.08. The van der Waals surface area contributed by atoms with Gasteiger partial charge in [-0.3, -0.25) is 4.79 Å². The van der Waals surface area contributed by atoms with Crippen LogP contribution in [0.1, 0.15) is 27.0 Å². The van der Waals surface area contributed by atoms with E-state index in [1.807, 2.05) is 60.7 Å². The van der Waals surface area contributed by atoms with Gasteiger partial charge in [0.25, 0.3) is 5.24 Å². The lowest BCUT2D eigenvalue weighted by Gasteiger charge is -2.30. The molecule has 0 spiro atoms. The molecule has 0 radical (unpaired) electrons. The Bertz CT molecular complexity index is 1070. The van der Waals surface area contributed by atoms with Gasteiger partial charge < -0.3 is 9.47 Å². The van der Waals surface area contributed by atoms with E-state index in [4.69, 9.17) is 21.1 Å². The molecular formula is C25H23ClN2O5. The standard InChI is InChI=1S/C25H23ClN2O5/c1-27(24(30)32-17-20-8-4-2-5-9-20)28(16-19-12-14-22(15-13-19)23(26)29)25(31)33-18-21-10-6-3-7-11-21/h2-15H,16-18H2,1H3. The number of ether oxygens (including phenoxy) is 2. The van der Waals surface area contributed by atoms with Crippen LogP contribution in [0.2, 0.25) is 0 Å². The zero-order valence-electron chi connectivity index (χ0n) is 18.0. The maximum atomic E-state index is 12.9. The number of hydrazine groups is 1. The molecule has 2 amide bonds. The molecule has 0 unspecified atom stereocenters. The summed E-state index contributed by atoms with van der Waals surface area (Å²) >= 11 is 5.50. The highest BCUT2D eigenvalue weighted by molar-refractivity contribution is 6.67. The van der Waals surface area contributed by atoms with Gasteiger partial charge >= 0.3 is 12.2 Å². The Balaban J connectivity index is 1.71. The number of amides is 2. The molecule has 0 atom stereocenters. The Kier molecular flexibility index (Phi) is 8.43. The van der Waals surface area contributed by atoms with Gasteiger partial charge in [-0.1, -0.05) is 72.8 Å². The number of hydrogen-bond donors (Lipinski definition) is 0. The zero-order chi connectivity index (χ0) is 23.6. The fourth-order valence-corrected chi connectivity index (χ4v) is 3.04. The summed E-state index contributed by atoms with van der Waals surface area (Å²) in [5.41, 5.74) is 2.62. The Hall–Kier alpha value is -3.84. The van der Waals surface area contributed by atoms with Crippen molar-refractivity contribution in [2.45, 2.75) is 19.8 Å². The maximum absolute atomic E-state index is 12.9. The second kappa shape index (κ2) is 11.7. The van der Waals surface area contributed by atoms with Crippen LogP contribution >= 0.6 is 11.6 Å². The highest BCUT2D eigenvalue weighted by Crippen LogP contribution is 2.14. The van der Waals surface area contributed by atoms with E-state index in [2.05, 4.69) is 0 Å². The van der Waals surface area contributed by atoms with Gasteiger partial charge in [-0.25, -0.2) is 19.6 Å². The van der Waals surface area contributed by atoms with E-state index in [-0.39, 0.29) is 19.8 Å². The minimum absolute atomic E-state index is 0.0152. The van der Waals surface area contributed by atoms with Crippen molar-refractivity contribution in [3.8, 4) is 0 Å². The number of rotatable bonds is 7. The lowest BCUT2D eigenvalue weighted by atomic mass is 10.1. The average molecular weight is 467 g/mol. The molecule has 3 aromatic carbocycles. The third-order valence-electron chi connectivity index (χ3n) is 4.76. The third-order valence-corrected chi connectivity index (χ3v) is 4.98. The van der Waals surface area contributed by atoms with Crippen LogP contribution in [-0.2, 0) is 29.2 Å². The van der Waals surface area contributed by atoms with Gasteiger partial charge in [0.15, 0.2) is 0 Å². The highest BCUT2D eigenvalue weighted by atomic mass is 35.5. The van der Waals surface area contributed by atoms with Crippen molar-refractivity contribution in [1.29, 1.82) is 0 Å². The fourth-order valence-electron chi connectivity index (χ4n) is 2.91. The highest BCUT2D eigenvalue weighted by Gasteiger charge is 2.26. The molecular weight excluding hydrogens is 444 g/mol. The summed E-state index contributed by atoms with van der Waals surface area (Å²) in [7, 11) is 1.42. The smallest absolute Gasteiger partial charge is 0.429 e. The Labute approximate surface area is 197 Å². The van der Waals surface area contributed by atoms with E-state index in [1.165, 1.54) is 7.05 Å². The number of benzene rings is 3. The van der Waals surface area contributed by atoms with Gasteiger partial charge in [-0.15, -0.1) is 0 Å². The minimum Gasteiger partial charge on any atom is -0.443 e. The van der Waals surface area contributed by atoms with Crippen LogP contribution in [0.15, 0.2) is 84.9 Å². The lowest BCUT2D eigenvalue weighted by molar-refractivity contribution is -0.0167. The minimum atomic E-state index is -0.726. The molecule has 3 rings (SSSR count). The summed E-state index contributed by atoms with van der Waals surface area (Å²) in [6.07, 6.45) is -1.45. The van der Waals surface area contributed by atoms with Gasteiger partial charge in [0.05, 0.1) is 6.54 Å². The molecule has 3 aromatic rings. The van der Waals surface area contributed by atoms with Crippen molar-refractivity contribution >= 4 is 29.0 Å². The molecule has 0 aliphatic heterocycles. The number of carbonyl (C=O) groups excluding carboxylic acids is 3. The van der Waals surface area contributed by atoms with Crippen molar-refractivity contribution in [3.63, 3.8) is 0 Å². The fraction of sp³-hybridized carbons (Fsp3) is 0.160. The number of carbonyl (C=O) groups is 3. The first-order valence-electron chi connectivity index (χ1n) is 10.2. The lowest BCUT2D eigenvalue weighted by Crippen LogP contribution is -2.47. The average Bonchev–Trinajstić information content (AvgIpc) is 2.85. The van der Waals surface area contributed by atoms with Crippen molar-refractivity contribution in [1.82, 2.24) is 10.0 Å². The molecule has 0 N–H and O–H groups in total. The van der Waals surface area contributed by atoms with Gasteiger partial charge in [0.2, 0.25) is 0 Å². The summed E-state index contributed by atoms with van der Waals surface area (Å²) in [5.74, 6) is 0. The largest absolute Gasteiger partial charge is 0.443 e. The van der Waals surface area contributed by atoms with Crippen LogP contribution in [0, 0.1) is 0 Å². The molecule has 7 nitrogen and oxygen atoms in total. The van der Waals surface area contributed by atoms with E-state index in [1.54, 1.807) is 24.3 Å². The predicted molar refractivity (Wildman–Crippen MR) is 123 cm³/mol. The Morgan fingerprint density at radius 3 is 1.67 bits per heavy atom. The van der Waals surface area contributed by atoms with E-state index in [0.717, 1.165) is 21.1 Å². The summed E-state index contributed by atoms with van der Waals surface area (Å²) in [5, 5.41) is 1.62. The first kappa shape index (κ1) is 23.8. The zero-order valence-corrected chi connectivity index (χ0v) is 18.8. The van der Waals surface area contributed by atoms with Crippen LogP contribution in [0.25, 0.3) is 0 Å². The second-order valence-electron chi connectivity index (χ2n) is 7.13. The van der Waals surface area contributed by atoms with Crippen molar-refractivity contribution in [2.75, 3.05) is 7.05 Å². The molecule has 0 heterocycles. The number of nitrogens with zero attached hydrogens (tertiary/aromatic N) is 2. The van der Waals surface area contributed by atoms with E-state index in [9.17, 15) is 14.4 Å². The van der Waals surface area contributed by atoms with Crippen molar-refractivity contribution in [2.24, 2.45) is 0 Å². The molecule has 8 heteroatoms. The number of hydrogen-bond acceptors (Lipinski definition) is 5. The molecule has 0 saturated heterocycles. The van der Waals surface area contributed by atoms with Gasteiger partial charge in [-0.05, 0) is 40.4 Å². The Morgan fingerprint density at radius 2 is 1.18 bits per heavy atom. The SMILES string of the molecule is CN(C(=O)OCc1ccccc1)N(Cc1ccc(C(=O)Cl)cc1)C(=O)OCc1ccccc1. The summed E-state index contributed by atoms with van der Waals surface area (Å²) in [6, 6.07) is 24.8. The molecule has 0 aromatic heterocycles. The van der Waals surface area contributed by atoms with Gasteiger partial charge in [0.1, 0.15) is 13.2 Å². The topological polar surface area (TPSA) is 76.2 Å². The van der Waals surface area contributed by atoms with E-state index >= 15 is 0 Å². The van der Waals surface area contributed by atoms with Crippen LogP contribution < -0.4 is 0 Å². The molecule has 0 aliphatic rings. The first-order valence-corrected chi connectivity index (χ1v) is 10.5. The molecule has 170 valence electrons. The summed E-state index contributed by atoms with van der Waals surface area (Å²) < 4.78 is 10.8. The van der Waals surface area contributed by atoms with Crippen LogP contribution in [0.3, 0.4) is 0 Å². The first-order chi connectivity index (χ1) is 15.9. The molecule has 0 fully saturated rings. The van der Waals surface area contributed by atoms with Gasteiger partial charge in [0, 0.05) is 12.6 Å². The van der Waals surface area contributed by atoms with Crippen LogP contribution in [0.4, 0.5) is 9.59 Å². The second-order valence-corrected chi connectivity index (χ2v) is 7.48. The number of halogens is 1. The quantitative estimate of drug-likeness (QED) is 0.345. The summed E-state index contributed by atoms with van der Waals surface area (Å²) in [6.45, 7) is 0.119.